The van der Waals surface area contributed by atoms with Crippen LogP contribution >= 0.6 is 0 Å². The second-order valence-electron chi connectivity index (χ2n) is 10.4. The van der Waals surface area contributed by atoms with E-state index in [2.05, 4.69) is 55.3 Å². The highest BCUT2D eigenvalue weighted by Crippen LogP contribution is 2.23. The quantitative estimate of drug-likeness (QED) is 0.359. The molecule has 0 aliphatic heterocycles. The molecule has 0 aliphatic carbocycles. The van der Waals surface area contributed by atoms with E-state index in [1.54, 1.807) is 0 Å². The fourth-order valence-electron chi connectivity index (χ4n) is 4.14. The lowest BCUT2D eigenvalue weighted by molar-refractivity contribution is 0.136. The average Bonchev–Trinajstić information content (AvgIpc) is 2.78. The van der Waals surface area contributed by atoms with Gasteiger partial charge in [0.2, 0.25) is 0 Å². The molecule has 1 unspecified atom stereocenters. The summed E-state index contributed by atoms with van der Waals surface area (Å²) < 4.78 is 5.39. The van der Waals surface area contributed by atoms with Crippen molar-refractivity contribution in [3.05, 3.63) is 101 Å². The predicted octanol–water partition coefficient (Wildman–Crippen LogP) is 6.90. The highest BCUT2D eigenvalue weighted by Gasteiger charge is 2.13. The molecule has 3 rings (SSSR count). The third kappa shape index (κ3) is 9.38. The molecule has 2 aromatic carbocycles. The second kappa shape index (κ2) is 12.4. The maximum absolute atomic E-state index is 12.3. The average molecular weight is 459 g/mol. The Morgan fingerprint density at radius 1 is 0.941 bits per heavy atom. The molecule has 0 spiro atoms. The number of rotatable bonds is 10. The highest BCUT2D eigenvalue weighted by molar-refractivity contribution is 5.67. The topological polar surface area (TPSA) is 51.2 Å². The van der Waals surface area contributed by atoms with Gasteiger partial charge >= 0.3 is 6.09 Å². The molecular weight excluding hydrogens is 420 g/mol. The first-order valence-corrected chi connectivity index (χ1v) is 12.2. The van der Waals surface area contributed by atoms with Crippen LogP contribution in [0.25, 0.3) is 0 Å². The van der Waals surface area contributed by atoms with E-state index in [4.69, 9.17) is 4.74 Å². The van der Waals surface area contributed by atoms with Gasteiger partial charge in [-0.25, -0.2) is 4.79 Å². The van der Waals surface area contributed by atoms with Crippen LogP contribution in [0.2, 0.25) is 0 Å². The van der Waals surface area contributed by atoms with Crippen LogP contribution in [-0.4, -0.2) is 17.1 Å². The molecule has 0 bridgehead atoms. The number of nitrogens with one attached hydrogen (secondary N) is 1. The molecule has 1 heterocycles. The number of aromatic nitrogens is 1. The minimum Gasteiger partial charge on any atom is -0.445 e. The number of carbonyl (C=O) groups is 1. The van der Waals surface area contributed by atoms with E-state index < -0.39 is 0 Å². The van der Waals surface area contributed by atoms with Gasteiger partial charge in [-0.3, -0.25) is 4.98 Å². The van der Waals surface area contributed by atoms with Crippen LogP contribution in [0.15, 0.2) is 73.1 Å². The minimum atomic E-state index is -0.381. The number of carbonyl (C=O) groups excluding carboxylic acids is 1. The summed E-state index contributed by atoms with van der Waals surface area (Å²) in [6.07, 6.45) is 8.39. The van der Waals surface area contributed by atoms with Gasteiger partial charge in [0.15, 0.2) is 0 Å². The highest BCUT2D eigenvalue weighted by atomic mass is 16.5. The molecule has 34 heavy (non-hydrogen) atoms. The van der Waals surface area contributed by atoms with Gasteiger partial charge in [0.05, 0.1) is 0 Å². The Balaban J connectivity index is 1.63. The van der Waals surface area contributed by atoms with Crippen LogP contribution < -0.4 is 5.32 Å². The van der Waals surface area contributed by atoms with Crippen molar-refractivity contribution in [3.8, 4) is 0 Å². The maximum atomic E-state index is 12.3. The molecule has 0 saturated heterocycles. The van der Waals surface area contributed by atoms with Gasteiger partial charge in [-0.1, -0.05) is 75.4 Å². The van der Waals surface area contributed by atoms with Crippen molar-refractivity contribution < 1.29 is 9.53 Å². The number of alkyl carbamates (subject to hydrolysis) is 1. The third-order valence-electron chi connectivity index (χ3n) is 5.75. The van der Waals surface area contributed by atoms with E-state index in [-0.39, 0.29) is 18.7 Å². The molecule has 0 saturated carbocycles. The van der Waals surface area contributed by atoms with Crippen molar-refractivity contribution in [1.29, 1.82) is 0 Å². The Kier molecular flexibility index (Phi) is 9.26. The summed E-state index contributed by atoms with van der Waals surface area (Å²) in [5.41, 5.74) is 6.41. The van der Waals surface area contributed by atoms with Gasteiger partial charge < -0.3 is 10.1 Å². The van der Waals surface area contributed by atoms with Crippen molar-refractivity contribution in [2.24, 2.45) is 5.41 Å². The van der Waals surface area contributed by atoms with Crippen molar-refractivity contribution in [3.63, 3.8) is 0 Å². The zero-order valence-corrected chi connectivity index (χ0v) is 21.0. The summed E-state index contributed by atoms with van der Waals surface area (Å²) in [6, 6.07) is 20.7. The number of benzene rings is 2. The van der Waals surface area contributed by atoms with Gasteiger partial charge in [-0.05, 0) is 78.3 Å². The number of ether oxygens (including phenoxy) is 1. The Morgan fingerprint density at radius 3 is 2.35 bits per heavy atom. The van der Waals surface area contributed by atoms with Crippen LogP contribution in [-0.2, 0) is 30.6 Å². The lowest BCUT2D eigenvalue weighted by atomic mass is 9.88. The number of nitrogens with zero attached hydrogens (tertiary/aromatic N) is 1. The maximum Gasteiger partial charge on any atom is 0.407 e. The summed E-state index contributed by atoms with van der Waals surface area (Å²) in [5, 5.41) is 2.98. The number of pyridine rings is 1. The van der Waals surface area contributed by atoms with Crippen molar-refractivity contribution in [2.75, 3.05) is 0 Å². The van der Waals surface area contributed by atoms with Crippen LogP contribution in [0.4, 0.5) is 4.79 Å². The fourth-order valence-corrected chi connectivity index (χ4v) is 4.14. The first-order chi connectivity index (χ1) is 16.3. The van der Waals surface area contributed by atoms with Gasteiger partial charge in [-0.2, -0.15) is 0 Å². The van der Waals surface area contributed by atoms with E-state index in [9.17, 15) is 4.79 Å². The first kappa shape index (κ1) is 25.5. The van der Waals surface area contributed by atoms with Gasteiger partial charge in [-0.15, -0.1) is 0 Å². The van der Waals surface area contributed by atoms with Crippen molar-refractivity contribution in [2.45, 2.75) is 72.4 Å². The van der Waals surface area contributed by atoms with Crippen LogP contribution in [0.5, 0.6) is 0 Å². The molecule has 0 fully saturated rings. The number of hydrogen-bond donors (Lipinski definition) is 1. The normalized spacial score (nSPS) is 12.2. The minimum absolute atomic E-state index is 0.0284. The Morgan fingerprint density at radius 2 is 1.65 bits per heavy atom. The number of amides is 1. The number of hydrogen-bond acceptors (Lipinski definition) is 3. The third-order valence-corrected chi connectivity index (χ3v) is 5.75. The molecule has 0 aliphatic rings. The summed E-state index contributed by atoms with van der Waals surface area (Å²) in [5.74, 6) is 0. The SMILES string of the molecule is CC(Cc1cc(CCCC(C)(C)C)cc(Cc2cccnc2)c1)NC(=O)OCc1ccccc1. The van der Waals surface area contributed by atoms with E-state index in [0.717, 1.165) is 24.8 Å². The Hall–Kier alpha value is -3.14. The predicted molar refractivity (Wildman–Crippen MR) is 139 cm³/mol. The molecule has 1 amide bonds. The Labute approximate surface area is 204 Å². The molecular formula is C30H38N2O2. The van der Waals surface area contributed by atoms with E-state index >= 15 is 0 Å². The first-order valence-electron chi connectivity index (χ1n) is 12.2. The smallest absolute Gasteiger partial charge is 0.407 e. The summed E-state index contributed by atoms with van der Waals surface area (Å²) in [4.78, 5) is 16.5. The molecule has 4 heteroatoms. The summed E-state index contributed by atoms with van der Waals surface area (Å²) >= 11 is 0. The van der Waals surface area contributed by atoms with Gasteiger partial charge in [0.1, 0.15) is 6.61 Å². The monoisotopic (exact) mass is 458 g/mol. The van der Waals surface area contributed by atoms with E-state index in [0.29, 0.717) is 5.41 Å². The molecule has 4 nitrogen and oxygen atoms in total. The zero-order valence-electron chi connectivity index (χ0n) is 21.0. The van der Waals surface area contributed by atoms with Crippen LogP contribution in [0, 0.1) is 5.41 Å². The fraction of sp³-hybridized carbons (Fsp3) is 0.400. The van der Waals surface area contributed by atoms with Crippen molar-refractivity contribution in [1.82, 2.24) is 10.3 Å². The van der Waals surface area contributed by atoms with Gasteiger partial charge in [0.25, 0.3) is 0 Å². The molecule has 0 radical (unpaired) electrons. The zero-order chi connectivity index (χ0) is 24.4. The molecule has 3 aromatic rings. The standard InChI is InChI=1S/C30H38N2O2/c1-23(32-29(33)34-22-24-10-6-5-7-11-24)16-27-17-25(12-8-14-30(2,3)4)18-28(20-27)19-26-13-9-15-31-21-26/h5-7,9-11,13,15,17-18,20-21,23H,8,12,14,16,19,22H2,1-4H3,(H,32,33). The summed E-state index contributed by atoms with van der Waals surface area (Å²) in [6.45, 7) is 9.18. The molecule has 180 valence electrons. The van der Waals surface area contributed by atoms with Crippen molar-refractivity contribution >= 4 is 6.09 Å². The second-order valence-corrected chi connectivity index (χ2v) is 10.4. The largest absolute Gasteiger partial charge is 0.445 e. The molecule has 1 aromatic heterocycles. The lowest BCUT2D eigenvalue weighted by Gasteiger charge is -2.19. The summed E-state index contributed by atoms with van der Waals surface area (Å²) in [7, 11) is 0. The lowest BCUT2D eigenvalue weighted by Crippen LogP contribution is -2.34. The van der Waals surface area contributed by atoms with Gasteiger partial charge in [0, 0.05) is 18.4 Å². The van der Waals surface area contributed by atoms with Crippen LogP contribution in [0.3, 0.4) is 0 Å². The Bertz CT molecular complexity index is 1030. The van der Waals surface area contributed by atoms with Crippen LogP contribution in [0.1, 0.15) is 68.4 Å². The number of aryl methyl sites for hydroxylation is 1. The van der Waals surface area contributed by atoms with E-state index in [1.165, 1.54) is 35.1 Å². The van der Waals surface area contributed by atoms with E-state index in [1.807, 2.05) is 55.7 Å². The molecule has 1 atom stereocenters. The molecule has 1 N–H and O–H groups in total.